The third kappa shape index (κ3) is 4.94. The minimum Gasteiger partial charge on any atom is -0.378 e. The fraction of sp³-hybridized carbons (Fsp3) is 0.348. The Morgan fingerprint density at radius 1 is 1.09 bits per heavy atom. The second-order valence-electron chi connectivity index (χ2n) is 7.46. The molecule has 0 bridgehead atoms. The van der Waals surface area contributed by atoms with Gasteiger partial charge in [-0.1, -0.05) is 29.5 Å². The van der Waals surface area contributed by atoms with Crippen LogP contribution in [0.5, 0.6) is 0 Å². The third-order valence-corrected chi connectivity index (χ3v) is 6.20. The number of ether oxygens (including phenoxy) is 1. The van der Waals surface area contributed by atoms with E-state index in [0.717, 1.165) is 30.3 Å². The van der Waals surface area contributed by atoms with Gasteiger partial charge in [-0.25, -0.2) is 4.39 Å². The zero-order chi connectivity index (χ0) is 22.5. The van der Waals surface area contributed by atoms with E-state index < -0.39 is 0 Å². The fourth-order valence-electron chi connectivity index (χ4n) is 3.57. The number of anilines is 2. The first-order valence-electron chi connectivity index (χ1n) is 10.6. The molecule has 0 unspecified atom stereocenters. The van der Waals surface area contributed by atoms with Gasteiger partial charge in [0.15, 0.2) is 5.16 Å². The van der Waals surface area contributed by atoms with Gasteiger partial charge < -0.3 is 14.5 Å². The minimum absolute atomic E-state index is 0.0736. The molecule has 1 amide bonds. The normalized spacial score (nSPS) is 13.9. The molecular weight excluding hydrogens is 429 g/mol. The summed E-state index contributed by atoms with van der Waals surface area (Å²) < 4.78 is 20.7. The molecule has 168 valence electrons. The van der Waals surface area contributed by atoms with E-state index in [4.69, 9.17) is 4.74 Å². The first-order valence-corrected chi connectivity index (χ1v) is 11.6. The highest BCUT2D eigenvalue weighted by Gasteiger charge is 2.23. The van der Waals surface area contributed by atoms with Gasteiger partial charge in [-0.3, -0.25) is 9.36 Å². The fourth-order valence-corrected chi connectivity index (χ4v) is 4.39. The molecule has 1 aromatic heterocycles. The molecule has 2 aromatic carbocycles. The molecule has 0 N–H and O–H groups in total. The molecule has 4 rings (SSSR count). The lowest BCUT2D eigenvalue weighted by Gasteiger charge is -2.28. The predicted molar refractivity (Wildman–Crippen MR) is 124 cm³/mol. The van der Waals surface area contributed by atoms with E-state index in [1.165, 1.54) is 23.9 Å². The second-order valence-corrected chi connectivity index (χ2v) is 8.40. The Kier molecular flexibility index (Phi) is 7.06. The number of thioether (sulfide) groups is 1. The molecule has 0 saturated carbocycles. The molecular formula is C23H26FN5O2S. The predicted octanol–water partition coefficient (Wildman–Crippen LogP) is 3.70. The number of hydrogen-bond donors (Lipinski definition) is 0. The number of carbonyl (C=O) groups excluding carboxylic acids is 1. The molecule has 7 nitrogen and oxygen atoms in total. The van der Waals surface area contributed by atoms with Crippen LogP contribution < -0.4 is 9.80 Å². The van der Waals surface area contributed by atoms with Crippen LogP contribution in [0.15, 0.2) is 53.7 Å². The average Bonchev–Trinajstić information content (AvgIpc) is 3.24. The van der Waals surface area contributed by atoms with Gasteiger partial charge in [0.1, 0.15) is 5.82 Å². The number of halogens is 1. The van der Waals surface area contributed by atoms with Gasteiger partial charge in [-0.15, -0.1) is 10.2 Å². The van der Waals surface area contributed by atoms with Crippen LogP contribution in [0.25, 0.3) is 5.69 Å². The summed E-state index contributed by atoms with van der Waals surface area (Å²) in [4.78, 5) is 16.8. The number of carbonyl (C=O) groups is 1. The maximum atomic E-state index is 13.3. The van der Waals surface area contributed by atoms with E-state index >= 15 is 0 Å². The Morgan fingerprint density at radius 3 is 2.44 bits per heavy atom. The van der Waals surface area contributed by atoms with Crippen LogP contribution in [0, 0.1) is 12.7 Å². The summed E-state index contributed by atoms with van der Waals surface area (Å²) in [6.45, 7) is 7.20. The number of aryl methyl sites for hydroxylation is 1. The van der Waals surface area contributed by atoms with Gasteiger partial charge in [0.05, 0.1) is 24.7 Å². The van der Waals surface area contributed by atoms with Crippen molar-refractivity contribution < 1.29 is 13.9 Å². The molecule has 1 fully saturated rings. The van der Waals surface area contributed by atoms with Crippen LogP contribution in [0.4, 0.5) is 16.0 Å². The van der Waals surface area contributed by atoms with Crippen LogP contribution in [0.2, 0.25) is 0 Å². The monoisotopic (exact) mass is 455 g/mol. The van der Waals surface area contributed by atoms with Gasteiger partial charge in [0.25, 0.3) is 0 Å². The van der Waals surface area contributed by atoms with Gasteiger partial charge in [-0.2, -0.15) is 0 Å². The van der Waals surface area contributed by atoms with Gasteiger partial charge in [-0.05, 0) is 50.2 Å². The van der Waals surface area contributed by atoms with Crippen molar-refractivity contribution in [2.75, 3.05) is 48.4 Å². The number of hydrogen-bond acceptors (Lipinski definition) is 6. The first kappa shape index (κ1) is 22.3. The third-order valence-electron chi connectivity index (χ3n) is 5.28. The molecule has 0 spiro atoms. The van der Waals surface area contributed by atoms with Crippen molar-refractivity contribution >= 4 is 29.3 Å². The van der Waals surface area contributed by atoms with Crippen LogP contribution in [0.3, 0.4) is 0 Å². The van der Waals surface area contributed by atoms with E-state index in [1.54, 1.807) is 17.0 Å². The summed E-state index contributed by atoms with van der Waals surface area (Å²) in [5, 5.41) is 9.50. The topological polar surface area (TPSA) is 63.5 Å². The standard InChI is InChI=1S/C23H26FN5O2S/c1-3-28(19-10-6-18(24)7-11-19)21(30)16-32-23-26-25-22(27-12-14-31-15-13-27)29(23)20-8-4-17(2)5-9-20/h4-11H,3,12-16H2,1-2H3. The molecule has 1 aliphatic rings. The van der Waals surface area contributed by atoms with Crippen molar-refractivity contribution in [1.29, 1.82) is 0 Å². The highest BCUT2D eigenvalue weighted by molar-refractivity contribution is 7.99. The lowest BCUT2D eigenvalue weighted by atomic mass is 10.2. The number of morpholine rings is 1. The van der Waals surface area contributed by atoms with E-state index in [2.05, 4.69) is 15.1 Å². The van der Waals surface area contributed by atoms with Crippen LogP contribution in [-0.2, 0) is 9.53 Å². The molecule has 1 saturated heterocycles. The number of amides is 1. The molecule has 0 atom stereocenters. The molecule has 1 aliphatic heterocycles. The molecule has 2 heterocycles. The highest BCUT2D eigenvalue weighted by Crippen LogP contribution is 2.28. The highest BCUT2D eigenvalue weighted by atomic mass is 32.2. The molecule has 3 aromatic rings. The van der Waals surface area contributed by atoms with Crippen molar-refractivity contribution in [3.05, 3.63) is 59.9 Å². The zero-order valence-corrected chi connectivity index (χ0v) is 19.0. The Hall–Kier alpha value is -2.91. The van der Waals surface area contributed by atoms with Crippen molar-refractivity contribution in [2.45, 2.75) is 19.0 Å². The van der Waals surface area contributed by atoms with Crippen LogP contribution in [0.1, 0.15) is 12.5 Å². The van der Waals surface area contributed by atoms with Crippen molar-refractivity contribution in [3.8, 4) is 5.69 Å². The lowest BCUT2D eigenvalue weighted by Crippen LogP contribution is -2.38. The minimum atomic E-state index is -0.325. The average molecular weight is 456 g/mol. The van der Waals surface area contributed by atoms with E-state index in [-0.39, 0.29) is 17.5 Å². The molecule has 32 heavy (non-hydrogen) atoms. The number of rotatable bonds is 7. The summed E-state index contributed by atoms with van der Waals surface area (Å²) in [6, 6.07) is 14.1. The van der Waals surface area contributed by atoms with Crippen LogP contribution >= 0.6 is 11.8 Å². The van der Waals surface area contributed by atoms with Crippen molar-refractivity contribution in [2.24, 2.45) is 0 Å². The summed E-state index contributed by atoms with van der Waals surface area (Å²) in [5.41, 5.74) is 2.79. The summed E-state index contributed by atoms with van der Waals surface area (Å²) >= 11 is 1.35. The first-order chi connectivity index (χ1) is 15.6. The Morgan fingerprint density at radius 2 is 1.78 bits per heavy atom. The smallest absolute Gasteiger partial charge is 0.237 e. The Balaban J connectivity index is 1.57. The van der Waals surface area contributed by atoms with Gasteiger partial charge in [0, 0.05) is 25.3 Å². The zero-order valence-electron chi connectivity index (χ0n) is 18.2. The quantitative estimate of drug-likeness (QED) is 0.507. The van der Waals surface area contributed by atoms with Gasteiger partial charge >= 0.3 is 0 Å². The van der Waals surface area contributed by atoms with E-state index in [0.29, 0.717) is 30.6 Å². The van der Waals surface area contributed by atoms with Crippen molar-refractivity contribution in [3.63, 3.8) is 0 Å². The maximum absolute atomic E-state index is 13.3. The summed E-state index contributed by atoms with van der Waals surface area (Å²) in [6.07, 6.45) is 0. The number of aromatic nitrogens is 3. The number of nitrogens with zero attached hydrogens (tertiary/aromatic N) is 5. The SMILES string of the molecule is CCN(C(=O)CSc1nnc(N2CCOCC2)n1-c1ccc(C)cc1)c1ccc(F)cc1. The molecule has 0 aliphatic carbocycles. The largest absolute Gasteiger partial charge is 0.378 e. The molecule has 0 radical (unpaired) electrons. The van der Waals surface area contributed by atoms with E-state index in [9.17, 15) is 9.18 Å². The summed E-state index contributed by atoms with van der Waals surface area (Å²) in [5.74, 6) is 0.542. The Labute approximate surface area is 191 Å². The maximum Gasteiger partial charge on any atom is 0.237 e. The lowest BCUT2D eigenvalue weighted by molar-refractivity contribution is -0.116. The van der Waals surface area contributed by atoms with Gasteiger partial charge in [0.2, 0.25) is 11.9 Å². The number of benzene rings is 2. The summed E-state index contributed by atoms with van der Waals surface area (Å²) in [7, 11) is 0. The molecule has 9 heteroatoms. The van der Waals surface area contributed by atoms with Crippen molar-refractivity contribution in [1.82, 2.24) is 14.8 Å². The Bertz CT molecular complexity index is 1050. The van der Waals surface area contributed by atoms with Crippen LogP contribution in [-0.4, -0.2) is 59.3 Å². The van der Waals surface area contributed by atoms with E-state index in [1.807, 2.05) is 42.7 Å². The second kappa shape index (κ2) is 10.1.